The molecule has 2 N–H and O–H groups in total. The van der Waals surface area contributed by atoms with Gasteiger partial charge in [-0.2, -0.15) is 0 Å². The summed E-state index contributed by atoms with van der Waals surface area (Å²) in [6, 6.07) is -0.894. The summed E-state index contributed by atoms with van der Waals surface area (Å²) in [5.74, 6) is -0.798. The largest absolute Gasteiger partial charge is 0.467 e. The van der Waals surface area contributed by atoms with E-state index in [1.807, 2.05) is 0 Å². The molecule has 1 aliphatic heterocycles. The van der Waals surface area contributed by atoms with Crippen molar-refractivity contribution in [1.29, 1.82) is 0 Å². The van der Waals surface area contributed by atoms with E-state index in [0.717, 1.165) is 6.42 Å². The number of ether oxygens (including phenoxy) is 3. The van der Waals surface area contributed by atoms with Crippen LogP contribution < -0.4 is 10.6 Å². The maximum Gasteiger partial charge on any atom is 0.408 e. The summed E-state index contributed by atoms with van der Waals surface area (Å²) in [6.07, 6.45) is -0.0891. The first kappa shape index (κ1) is 19.2. The standard InChI is InChI=1S/C15H26N2O6/c1-15(2,3)23-14(20)17-10(13(19)21-4)6-7-11-12(18)16-8-5-9-22-11/h10-11H,5-9H2,1-4H3,(H,16,18)(H,17,20)/t10-,11-/m0/s1. The highest BCUT2D eigenvalue weighted by molar-refractivity contribution is 5.82. The number of nitrogens with one attached hydrogen (secondary N) is 2. The minimum atomic E-state index is -0.894. The lowest BCUT2D eigenvalue weighted by molar-refractivity contribution is -0.144. The first-order chi connectivity index (χ1) is 10.7. The van der Waals surface area contributed by atoms with Crippen molar-refractivity contribution in [1.82, 2.24) is 10.6 Å². The van der Waals surface area contributed by atoms with Crippen molar-refractivity contribution in [2.75, 3.05) is 20.3 Å². The SMILES string of the molecule is COC(=O)[C@H](CC[C@@H]1OCCCNC1=O)NC(=O)OC(C)(C)C. The summed E-state index contributed by atoms with van der Waals surface area (Å²) in [4.78, 5) is 35.4. The molecule has 2 atom stereocenters. The summed E-state index contributed by atoms with van der Waals surface area (Å²) in [7, 11) is 1.24. The van der Waals surface area contributed by atoms with Crippen molar-refractivity contribution in [3.63, 3.8) is 0 Å². The molecule has 1 saturated heterocycles. The van der Waals surface area contributed by atoms with Gasteiger partial charge in [0.2, 0.25) is 5.91 Å². The Kier molecular flexibility index (Phi) is 7.28. The average molecular weight is 330 g/mol. The van der Waals surface area contributed by atoms with E-state index in [1.54, 1.807) is 20.8 Å². The molecule has 1 heterocycles. The second kappa shape index (κ2) is 8.71. The highest BCUT2D eigenvalue weighted by atomic mass is 16.6. The third-order valence-electron chi connectivity index (χ3n) is 3.13. The fraction of sp³-hybridized carbons (Fsp3) is 0.800. The predicted octanol–water partition coefficient (Wildman–Crippen LogP) is 0.738. The van der Waals surface area contributed by atoms with E-state index in [0.29, 0.717) is 19.6 Å². The lowest BCUT2D eigenvalue weighted by Gasteiger charge is -2.23. The molecule has 0 unspecified atom stereocenters. The van der Waals surface area contributed by atoms with Gasteiger partial charge in [-0.25, -0.2) is 9.59 Å². The lowest BCUT2D eigenvalue weighted by Crippen LogP contribution is -2.45. The van der Waals surface area contributed by atoms with E-state index in [2.05, 4.69) is 15.4 Å². The van der Waals surface area contributed by atoms with Crippen LogP contribution in [0, 0.1) is 0 Å². The molecule has 0 bridgehead atoms. The van der Waals surface area contributed by atoms with Crippen LogP contribution in [0.1, 0.15) is 40.0 Å². The zero-order valence-corrected chi connectivity index (χ0v) is 14.1. The van der Waals surface area contributed by atoms with Gasteiger partial charge in [0.15, 0.2) is 0 Å². The second-order valence-electron chi connectivity index (χ2n) is 6.30. The van der Waals surface area contributed by atoms with Crippen LogP contribution >= 0.6 is 0 Å². The summed E-state index contributed by atoms with van der Waals surface area (Å²) in [5, 5.41) is 5.21. The quantitative estimate of drug-likeness (QED) is 0.721. The van der Waals surface area contributed by atoms with E-state index >= 15 is 0 Å². The summed E-state index contributed by atoms with van der Waals surface area (Å²) < 4.78 is 15.3. The van der Waals surface area contributed by atoms with Crippen molar-refractivity contribution < 1.29 is 28.6 Å². The molecule has 132 valence electrons. The van der Waals surface area contributed by atoms with Crippen LogP contribution in [-0.4, -0.2) is 56.0 Å². The smallest absolute Gasteiger partial charge is 0.408 e. The maximum atomic E-state index is 11.8. The zero-order chi connectivity index (χ0) is 17.5. The van der Waals surface area contributed by atoms with Gasteiger partial charge in [0, 0.05) is 13.2 Å². The van der Waals surface area contributed by atoms with E-state index in [-0.39, 0.29) is 12.3 Å². The number of alkyl carbamates (subject to hydrolysis) is 1. The van der Waals surface area contributed by atoms with E-state index in [4.69, 9.17) is 9.47 Å². The van der Waals surface area contributed by atoms with Crippen LogP contribution in [-0.2, 0) is 23.8 Å². The van der Waals surface area contributed by atoms with Gasteiger partial charge in [0.1, 0.15) is 17.7 Å². The van der Waals surface area contributed by atoms with Crippen molar-refractivity contribution in [3.8, 4) is 0 Å². The minimum absolute atomic E-state index is 0.205. The number of hydrogen-bond donors (Lipinski definition) is 2. The van der Waals surface area contributed by atoms with E-state index in [1.165, 1.54) is 7.11 Å². The first-order valence-electron chi connectivity index (χ1n) is 7.69. The average Bonchev–Trinajstić information content (AvgIpc) is 2.65. The summed E-state index contributed by atoms with van der Waals surface area (Å²) in [5.41, 5.74) is -0.672. The Labute approximate surface area is 136 Å². The van der Waals surface area contributed by atoms with E-state index < -0.39 is 29.8 Å². The Morgan fingerprint density at radius 1 is 1.43 bits per heavy atom. The van der Waals surface area contributed by atoms with Crippen LogP contribution in [0.5, 0.6) is 0 Å². The molecule has 23 heavy (non-hydrogen) atoms. The Hall–Kier alpha value is -1.83. The molecule has 0 aromatic rings. The Morgan fingerprint density at radius 3 is 2.74 bits per heavy atom. The van der Waals surface area contributed by atoms with Crippen LogP contribution in [0.2, 0.25) is 0 Å². The van der Waals surface area contributed by atoms with Crippen LogP contribution in [0.25, 0.3) is 0 Å². The number of carbonyl (C=O) groups excluding carboxylic acids is 3. The molecule has 8 nitrogen and oxygen atoms in total. The van der Waals surface area contributed by atoms with Gasteiger partial charge in [-0.1, -0.05) is 0 Å². The molecule has 0 aromatic heterocycles. The lowest BCUT2D eigenvalue weighted by atomic mass is 10.1. The molecular weight excluding hydrogens is 304 g/mol. The fourth-order valence-electron chi connectivity index (χ4n) is 2.07. The highest BCUT2D eigenvalue weighted by Crippen LogP contribution is 2.11. The minimum Gasteiger partial charge on any atom is -0.467 e. The van der Waals surface area contributed by atoms with Gasteiger partial charge in [-0.3, -0.25) is 4.79 Å². The Balaban J connectivity index is 2.58. The zero-order valence-electron chi connectivity index (χ0n) is 14.1. The van der Waals surface area contributed by atoms with Gasteiger partial charge >= 0.3 is 12.1 Å². The van der Waals surface area contributed by atoms with Crippen molar-refractivity contribution in [2.24, 2.45) is 0 Å². The molecule has 1 rings (SSSR count). The third kappa shape index (κ3) is 7.32. The van der Waals surface area contributed by atoms with Crippen molar-refractivity contribution in [3.05, 3.63) is 0 Å². The molecule has 1 aliphatic rings. The van der Waals surface area contributed by atoms with Gasteiger partial charge in [-0.05, 0) is 40.0 Å². The number of amides is 2. The van der Waals surface area contributed by atoms with Gasteiger partial charge in [0.05, 0.1) is 7.11 Å². The summed E-state index contributed by atoms with van der Waals surface area (Å²) in [6.45, 7) is 6.23. The number of hydrogen-bond acceptors (Lipinski definition) is 6. The molecule has 0 saturated carbocycles. The fourth-order valence-corrected chi connectivity index (χ4v) is 2.07. The molecule has 0 aliphatic carbocycles. The van der Waals surface area contributed by atoms with Crippen molar-refractivity contribution in [2.45, 2.75) is 57.8 Å². The second-order valence-corrected chi connectivity index (χ2v) is 6.30. The normalized spacial score (nSPS) is 20.0. The summed E-state index contributed by atoms with van der Waals surface area (Å²) >= 11 is 0. The van der Waals surface area contributed by atoms with Crippen molar-refractivity contribution >= 4 is 18.0 Å². The van der Waals surface area contributed by atoms with Crippen LogP contribution in [0.4, 0.5) is 4.79 Å². The number of carbonyl (C=O) groups is 3. The van der Waals surface area contributed by atoms with E-state index in [9.17, 15) is 14.4 Å². The molecule has 8 heteroatoms. The molecule has 1 fully saturated rings. The Morgan fingerprint density at radius 2 is 2.13 bits per heavy atom. The molecular formula is C15H26N2O6. The predicted molar refractivity (Wildman–Crippen MR) is 81.8 cm³/mol. The monoisotopic (exact) mass is 330 g/mol. The van der Waals surface area contributed by atoms with Gasteiger partial charge in [-0.15, -0.1) is 0 Å². The van der Waals surface area contributed by atoms with Gasteiger partial charge < -0.3 is 24.8 Å². The van der Waals surface area contributed by atoms with Crippen LogP contribution in [0.15, 0.2) is 0 Å². The number of esters is 1. The van der Waals surface area contributed by atoms with Crippen LogP contribution in [0.3, 0.4) is 0 Å². The molecule has 2 amide bonds. The first-order valence-corrected chi connectivity index (χ1v) is 7.69. The molecule has 0 spiro atoms. The number of rotatable bonds is 5. The molecule has 0 aromatic carbocycles. The molecule has 0 radical (unpaired) electrons. The topological polar surface area (TPSA) is 103 Å². The van der Waals surface area contributed by atoms with Gasteiger partial charge in [0.25, 0.3) is 0 Å². The number of methoxy groups -OCH3 is 1. The Bertz CT molecular complexity index is 432. The highest BCUT2D eigenvalue weighted by Gasteiger charge is 2.28. The maximum absolute atomic E-state index is 11.8. The third-order valence-corrected chi connectivity index (χ3v) is 3.13.